The lowest BCUT2D eigenvalue weighted by molar-refractivity contribution is -0.144. The molecule has 1 aliphatic rings. The lowest BCUT2D eigenvalue weighted by Crippen LogP contribution is -2.37. The Bertz CT molecular complexity index is 449. The zero-order valence-corrected chi connectivity index (χ0v) is 11.3. The van der Waals surface area contributed by atoms with Crippen molar-refractivity contribution in [1.82, 2.24) is 4.90 Å². The molecule has 1 atom stereocenters. The van der Waals surface area contributed by atoms with Crippen LogP contribution in [0.15, 0.2) is 24.3 Å². The summed E-state index contributed by atoms with van der Waals surface area (Å²) in [5, 5.41) is 10.3. The highest BCUT2D eigenvalue weighted by molar-refractivity contribution is 6.31. The molecule has 18 heavy (non-hydrogen) atoms. The Hall–Kier alpha value is -1.06. The minimum atomic E-state index is -0.830. The molecule has 98 valence electrons. The van der Waals surface area contributed by atoms with Crippen molar-refractivity contribution in [3.63, 3.8) is 0 Å². The normalized spacial score (nSPS) is 25.7. The molecule has 4 heteroatoms. The summed E-state index contributed by atoms with van der Waals surface area (Å²) in [6.07, 6.45) is 2.15. The van der Waals surface area contributed by atoms with Gasteiger partial charge in [-0.3, -0.25) is 4.79 Å². The van der Waals surface area contributed by atoms with Crippen molar-refractivity contribution >= 4 is 17.6 Å². The molecule has 1 aromatic rings. The fraction of sp³-hybridized carbons (Fsp3) is 0.500. The van der Waals surface area contributed by atoms with Gasteiger partial charge in [0, 0.05) is 5.02 Å². The van der Waals surface area contributed by atoms with E-state index in [0.29, 0.717) is 17.9 Å². The van der Waals surface area contributed by atoms with Crippen LogP contribution in [-0.2, 0) is 10.2 Å². The van der Waals surface area contributed by atoms with E-state index in [1.165, 1.54) is 0 Å². The Labute approximate surface area is 112 Å². The molecule has 0 radical (unpaired) electrons. The van der Waals surface area contributed by atoms with Gasteiger partial charge in [0.1, 0.15) is 0 Å². The molecule has 0 amide bonds. The van der Waals surface area contributed by atoms with E-state index in [-0.39, 0.29) is 0 Å². The molecule has 1 N–H and O–H groups in total. The van der Waals surface area contributed by atoms with Crippen molar-refractivity contribution in [3.8, 4) is 0 Å². The number of nitrogens with zero attached hydrogens (tertiary/aromatic N) is 1. The molecule has 1 aliphatic heterocycles. The van der Waals surface area contributed by atoms with Crippen molar-refractivity contribution < 1.29 is 9.90 Å². The maximum absolute atomic E-state index is 11.8. The van der Waals surface area contributed by atoms with Crippen molar-refractivity contribution in [2.24, 2.45) is 0 Å². The minimum absolute atomic E-state index is 0.560. The van der Waals surface area contributed by atoms with E-state index in [1.54, 1.807) is 6.07 Å². The van der Waals surface area contributed by atoms with E-state index >= 15 is 0 Å². The number of rotatable bonds is 2. The summed E-state index contributed by atoms with van der Waals surface area (Å²) >= 11 is 6.20. The first-order valence-corrected chi connectivity index (χ1v) is 6.61. The predicted octanol–water partition coefficient (Wildman–Crippen LogP) is 2.78. The fourth-order valence-electron chi connectivity index (χ4n) is 2.72. The Morgan fingerprint density at radius 1 is 1.33 bits per heavy atom. The van der Waals surface area contributed by atoms with E-state index in [9.17, 15) is 9.90 Å². The molecule has 0 aliphatic carbocycles. The van der Waals surface area contributed by atoms with Gasteiger partial charge in [-0.2, -0.15) is 0 Å². The third kappa shape index (κ3) is 2.38. The van der Waals surface area contributed by atoms with Crippen LogP contribution >= 0.6 is 11.6 Å². The molecule has 1 unspecified atom stereocenters. The number of carboxylic acids is 1. The molecule has 1 saturated heterocycles. The highest BCUT2D eigenvalue weighted by Gasteiger charge is 2.42. The fourth-order valence-corrected chi connectivity index (χ4v) is 3.03. The lowest BCUT2D eigenvalue weighted by atomic mass is 9.74. The third-order valence-electron chi connectivity index (χ3n) is 3.86. The summed E-state index contributed by atoms with van der Waals surface area (Å²) in [5.74, 6) is -0.758. The van der Waals surface area contributed by atoms with Crippen molar-refractivity contribution in [2.75, 3.05) is 20.1 Å². The van der Waals surface area contributed by atoms with E-state index in [2.05, 4.69) is 4.90 Å². The van der Waals surface area contributed by atoms with Crippen LogP contribution < -0.4 is 0 Å². The van der Waals surface area contributed by atoms with Gasteiger partial charge in [-0.15, -0.1) is 0 Å². The zero-order valence-electron chi connectivity index (χ0n) is 10.5. The first-order valence-electron chi connectivity index (χ1n) is 6.23. The summed E-state index contributed by atoms with van der Waals surface area (Å²) in [7, 11) is 2.03. The van der Waals surface area contributed by atoms with E-state index in [1.807, 2.05) is 25.2 Å². The molecule has 2 rings (SSSR count). The monoisotopic (exact) mass is 267 g/mol. The maximum Gasteiger partial charge on any atom is 0.314 e. The highest BCUT2D eigenvalue weighted by atomic mass is 35.5. The number of hydrogen-bond donors (Lipinski definition) is 1. The van der Waals surface area contributed by atoms with Crippen LogP contribution in [0.5, 0.6) is 0 Å². The van der Waals surface area contributed by atoms with Gasteiger partial charge in [0.05, 0.1) is 5.41 Å². The van der Waals surface area contributed by atoms with Crippen LogP contribution in [0.2, 0.25) is 5.02 Å². The maximum atomic E-state index is 11.8. The number of carboxylic acid groups (broad SMARTS) is 1. The number of benzene rings is 1. The standard InChI is InChI=1S/C14H18ClNO2/c1-16-9-4-7-14(8-10-16,13(17)18)11-5-2-3-6-12(11)15/h2-3,5-6H,4,7-10H2,1H3,(H,17,18). The molecule has 1 heterocycles. The van der Waals surface area contributed by atoms with Gasteiger partial charge in [-0.05, 0) is 51.0 Å². The SMILES string of the molecule is CN1CCCC(C(=O)O)(c2ccccc2Cl)CC1. The molecular formula is C14H18ClNO2. The Kier molecular flexibility index (Phi) is 3.93. The minimum Gasteiger partial charge on any atom is -0.481 e. The Morgan fingerprint density at radius 2 is 2.06 bits per heavy atom. The van der Waals surface area contributed by atoms with Crippen LogP contribution in [0.25, 0.3) is 0 Å². The molecule has 1 fully saturated rings. The second-order valence-corrected chi connectivity index (χ2v) is 5.43. The summed E-state index contributed by atoms with van der Waals surface area (Å²) < 4.78 is 0. The summed E-state index contributed by atoms with van der Waals surface area (Å²) in [6, 6.07) is 7.32. The van der Waals surface area contributed by atoms with Crippen molar-refractivity contribution in [2.45, 2.75) is 24.7 Å². The van der Waals surface area contributed by atoms with Gasteiger partial charge in [0.15, 0.2) is 0 Å². The first-order chi connectivity index (χ1) is 8.56. The van der Waals surface area contributed by atoms with Crippen LogP contribution in [0.3, 0.4) is 0 Å². The van der Waals surface area contributed by atoms with E-state index < -0.39 is 11.4 Å². The lowest BCUT2D eigenvalue weighted by Gasteiger charge is -2.29. The van der Waals surface area contributed by atoms with Crippen molar-refractivity contribution in [3.05, 3.63) is 34.9 Å². The van der Waals surface area contributed by atoms with E-state index in [4.69, 9.17) is 11.6 Å². The molecule has 0 bridgehead atoms. The Balaban J connectivity index is 2.44. The second kappa shape index (κ2) is 5.29. The molecule has 0 aromatic heterocycles. The summed E-state index contributed by atoms with van der Waals surface area (Å²) in [4.78, 5) is 14.0. The summed E-state index contributed by atoms with van der Waals surface area (Å²) in [6.45, 7) is 1.73. The van der Waals surface area contributed by atoms with Gasteiger partial charge in [-0.1, -0.05) is 29.8 Å². The van der Waals surface area contributed by atoms with Crippen LogP contribution in [0.1, 0.15) is 24.8 Å². The molecule has 0 spiro atoms. The topological polar surface area (TPSA) is 40.5 Å². The Morgan fingerprint density at radius 3 is 2.72 bits per heavy atom. The largest absolute Gasteiger partial charge is 0.481 e. The van der Waals surface area contributed by atoms with Gasteiger partial charge in [-0.25, -0.2) is 0 Å². The molecular weight excluding hydrogens is 250 g/mol. The van der Waals surface area contributed by atoms with Crippen LogP contribution in [-0.4, -0.2) is 36.1 Å². The average molecular weight is 268 g/mol. The predicted molar refractivity (Wildman–Crippen MR) is 72.1 cm³/mol. The number of likely N-dealkylation sites (tertiary alicyclic amines) is 1. The zero-order chi connectivity index (χ0) is 13.2. The summed E-state index contributed by atoms with van der Waals surface area (Å²) in [5.41, 5.74) is -0.0715. The second-order valence-electron chi connectivity index (χ2n) is 5.02. The van der Waals surface area contributed by atoms with Gasteiger partial charge in [0.25, 0.3) is 0 Å². The number of hydrogen-bond acceptors (Lipinski definition) is 2. The van der Waals surface area contributed by atoms with Gasteiger partial charge < -0.3 is 10.0 Å². The smallest absolute Gasteiger partial charge is 0.314 e. The van der Waals surface area contributed by atoms with E-state index in [0.717, 1.165) is 25.1 Å². The molecule has 0 saturated carbocycles. The number of halogens is 1. The first kappa shape index (κ1) is 13.4. The quantitative estimate of drug-likeness (QED) is 0.896. The molecule has 1 aromatic carbocycles. The van der Waals surface area contributed by atoms with Gasteiger partial charge >= 0.3 is 5.97 Å². The number of aliphatic carboxylic acids is 1. The van der Waals surface area contributed by atoms with Crippen LogP contribution in [0, 0.1) is 0 Å². The van der Waals surface area contributed by atoms with Crippen LogP contribution in [0.4, 0.5) is 0 Å². The molecule has 3 nitrogen and oxygen atoms in total. The average Bonchev–Trinajstić information content (AvgIpc) is 2.53. The van der Waals surface area contributed by atoms with Gasteiger partial charge in [0.2, 0.25) is 0 Å². The van der Waals surface area contributed by atoms with Crippen molar-refractivity contribution in [1.29, 1.82) is 0 Å². The number of carbonyl (C=O) groups is 1. The third-order valence-corrected chi connectivity index (χ3v) is 4.19. The highest BCUT2D eigenvalue weighted by Crippen LogP contribution is 2.39.